The fraction of sp³-hybridized carbons (Fsp3) is 0.222. The van der Waals surface area contributed by atoms with Crippen LogP contribution in [0.15, 0.2) is 78.2 Å². The third-order valence-electron chi connectivity index (χ3n) is 6.06. The van der Waals surface area contributed by atoms with Crippen LogP contribution in [-0.4, -0.2) is 51.9 Å². The first-order valence-corrected chi connectivity index (χ1v) is 12.0. The van der Waals surface area contributed by atoms with E-state index in [9.17, 15) is 27.9 Å². The molecule has 1 saturated heterocycles. The van der Waals surface area contributed by atoms with Crippen LogP contribution in [0, 0.1) is 5.92 Å². The molecule has 0 bridgehead atoms. The zero-order valence-corrected chi connectivity index (χ0v) is 20.6. The van der Waals surface area contributed by atoms with Gasteiger partial charge in [0.05, 0.1) is 17.8 Å². The third kappa shape index (κ3) is 7.18. The molecule has 1 aromatic carbocycles. The van der Waals surface area contributed by atoms with Crippen molar-refractivity contribution in [2.45, 2.75) is 19.0 Å². The monoisotopic (exact) mass is 538 g/mol. The molecule has 1 atom stereocenters. The number of halogens is 3. The van der Waals surface area contributed by atoms with Crippen LogP contribution in [0.1, 0.15) is 28.8 Å². The maximum absolute atomic E-state index is 13.6. The van der Waals surface area contributed by atoms with Crippen LogP contribution < -0.4 is 16.0 Å². The molecular weight excluding hydrogens is 513 g/mol. The molecule has 39 heavy (non-hydrogen) atoms. The quantitative estimate of drug-likeness (QED) is 0.373. The average molecular weight is 539 g/mol. The minimum Gasteiger partial charge on any atom is -0.481 e. The number of carboxylic acids is 1. The topological polar surface area (TPSA) is 134 Å². The van der Waals surface area contributed by atoms with Crippen LogP contribution in [0.5, 0.6) is 0 Å². The van der Waals surface area contributed by atoms with E-state index in [4.69, 9.17) is 5.73 Å². The van der Waals surface area contributed by atoms with Gasteiger partial charge in [-0.05, 0) is 61.4 Å². The van der Waals surface area contributed by atoms with Crippen molar-refractivity contribution in [1.82, 2.24) is 9.97 Å². The van der Waals surface area contributed by atoms with E-state index in [0.29, 0.717) is 30.6 Å². The minimum atomic E-state index is -4.77. The van der Waals surface area contributed by atoms with Crippen LogP contribution >= 0.6 is 0 Å². The molecule has 1 fully saturated rings. The lowest BCUT2D eigenvalue weighted by atomic mass is 9.97. The first kappa shape index (κ1) is 27.3. The largest absolute Gasteiger partial charge is 0.481 e. The van der Waals surface area contributed by atoms with Crippen LogP contribution in [0.2, 0.25) is 0 Å². The van der Waals surface area contributed by atoms with Crippen molar-refractivity contribution >= 4 is 40.5 Å². The molecule has 9 nitrogen and oxygen atoms in total. The van der Waals surface area contributed by atoms with Gasteiger partial charge in [-0.15, -0.1) is 0 Å². The predicted molar refractivity (Wildman–Crippen MR) is 141 cm³/mol. The van der Waals surface area contributed by atoms with Gasteiger partial charge in [-0.1, -0.05) is 6.07 Å². The van der Waals surface area contributed by atoms with Crippen molar-refractivity contribution in [3.05, 3.63) is 84.3 Å². The second kappa shape index (κ2) is 11.8. The Balaban J connectivity index is 1.47. The fourth-order valence-electron chi connectivity index (χ4n) is 4.05. The number of nitrogens with zero attached hydrogens (tertiary/aromatic N) is 4. The maximum atomic E-state index is 13.6. The zero-order chi connectivity index (χ0) is 28.0. The van der Waals surface area contributed by atoms with E-state index in [0.717, 1.165) is 24.4 Å². The highest BCUT2D eigenvalue weighted by atomic mass is 19.4. The number of benzene rings is 1. The Bertz CT molecular complexity index is 1390. The number of aliphatic carboxylic acids is 1. The number of aromatic nitrogens is 2. The highest BCUT2D eigenvalue weighted by molar-refractivity contribution is 6.06. The Morgan fingerprint density at radius 1 is 1.13 bits per heavy atom. The van der Waals surface area contributed by atoms with Crippen molar-refractivity contribution in [3.63, 3.8) is 0 Å². The number of amides is 1. The summed E-state index contributed by atoms with van der Waals surface area (Å²) in [6.45, 7) is 1.04. The highest BCUT2D eigenvalue weighted by Crippen LogP contribution is 2.26. The molecule has 1 amide bonds. The number of allylic oxidation sites excluding steroid dienone is 1. The van der Waals surface area contributed by atoms with E-state index in [2.05, 4.69) is 20.3 Å². The Labute approximate surface area is 221 Å². The summed E-state index contributed by atoms with van der Waals surface area (Å²) in [5.41, 5.74) is 5.71. The molecule has 0 aliphatic carbocycles. The molecule has 12 heteroatoms. The standard InChI is InChI=1S/C27H25F3N6O3/c28-27(29,30)23(13-22(31)18-5-2-10-32-14-18)34-20-8-9-24(33-15-20)35-25(37)17-4-1-7-21(12-17)36-11-3-6-19(16-36)26(38)39/h1-2,4-5,7-10,12-15,19H,3,6,11,16,31H2,(H,38,39)(H,33,35,37). The van der Waals surface area contributed by atoms with Gasteiger partial charge in [0.15, 0.2) is 0 Å². The van der Waals surface area contributed by atoms with Crippen molar-refractivity contribution in [1.29, 1.82) is 0 Å². The molecule has 3 heterocycles. The zero-order valence-electron chi connectivity index (χ0n) is 20.6. The molecule has 2 aromatic heterocycles. The Morgan fingerprint density at radius 2 is 1.92 bits per heavy atom. The molecular formula is C27H25F3N6O3. The number of nitrogens with two attached hydrogens (primary N) is 1. The summed E-state index contributed by atoms with van der Waals surface area (Å²) < 4.78 is 40.8. The van der Waals surface area contributed by atoms with E-state index in [1.807, 2.05) is 4.90 Å². The molecule has 0 saturated carbocycles. The van der Waals surface area contributed by atoms with Crippen LogP contribution in [-0.2, 0) is 4.79 Å². The third-order valence-corrected chi connectivity index (χ3v) is 6.06. The van der Waals surface area contributed by atoms with E-state index in [-0.39, 0.29) is 17.2 Å². The van der Waals surface area contributed by atoms with Gasteiger partial charge >= 0.3 is 12.1 Å². The Kier molecular flexibility index (Phi) is 8.23. The summed E-state index contributed by atoms with van der Waals surface area (Å²) in [4.78, 5) is 37.6. The summed E-state index contributed by atoms with van der Waals surface area (Å²) >= 11 is 0. The highest BCUT2D eigenvalue weighted by Gasteiger charge is 2.34. The Morgan fingerprint density at radius 3 is 2.59 bits per heavy atom. The van der Waals surface area contributed by atoms with Gasteiger partial charge in [-0.2, -0.15) is 13.2 Å². The number of piperidine rings is 1. The lowest BCUT2D eigenvalue weighted by molar-refractivity contribution is -0.141. The normalized spacial score (nSPS) is 16.6. The summed E-state index contributed by atoms with van der Waals surface area (Å²) in [7, 11) is 0. The molecule has 3 aromatic rings. The number of hydrogen-bond acceptors (Lipinski definition) is 7. The SMILES string of the molecule is NC(=CC(=Nc1ccc(NC(=O)c2cccc(N3CCCC(C(=O)O)C3)c2)nc1)C(F)(F)F)c1cccnc1. The van der Waals surface area contributed by atoms with Gasteiger partial charge in [-0.3, -0.25) is 14.6 Å². The number of nitrogens with one attached hydrogen (secondary N) is 1. The van der Waals surface area contributed by atoms with Crippen molar-refractivity contribution in [2.75, 3.05) is 23.3 Å². The van der Waals surface area contributed by atoms with Gasteiger partial charge in [0, 0.05) is 48.0 Å². The lowest BCUT2D eigenvalue weighted by Crippen LogP contribution is -2.38. The van der Waals surface area contributed by atoms with Gasteiger partial charge < -0.3 is 21.1 Å². The number of aliphatic imine (C=N–C) groups is 1. The summed E-state index contributed by atoms with van der Waals surface area (Å²) in [6.07, 6.45) is 1.21. The number of alkyl halides is 3. The fourth-order valence-corrected chi connectivity index (χ4v) is 4.05. The van der Waals surface area contributed by atoms with Crippen LogP contribution in [0.3, 0.4) is 0 Å². The smallest absolute Gasteiger partial charge is 0.433 e. The second-order valence-electron chi connectivity index (χ2n) is 8.87. The molecule has 1 aliphatic rings. The minimum absolute atomic E-state index is 0.0874. The molecule has 1 unspecified atom stereocenters. The van der Waals surface area contributed by atoms with Crippen LogP contribution in [0.25, 0.3) is 5.70 Å². The van der Waals surface area contributed by atoms with Crippen molar-refractivity contribution in [2.24, 2.45) is 16.6 Å². The van der Waals surface area contributed by atoms with E-state index in [1.54, 1.807) is 30.3 Å². The number of carboxylic acid groups (broad SMARTS) is 1. The Hall–Kier alpha value is -4.74. The summed E-state index contributed by atoms with van der Waals surface area (Å²) in [5.74, 6) is -1.67. The van der Waals surface area contributed by atoms with Gasteiger partial charge in [0.25, 0.3) is 5.91 Å². The second-order valence-corrected chi connectivity index (χ2v) is 8.87. The van der Waals surface area contributed by atoms with E-state index < -0.39 is 29.7 Å². The number of pyridine rings is 2. The number of anilines is 2. The first-order chi connectivity index (χ1) is 18.6. The number of carbonyl (C=O) groups is 2. The number of hydrogen-bond donors (Lipinski definition) is 3. The molecule has 0 spiro atoms. The summed E-state index contributed by atoms with van der Waals surface area (Å²) in [5, 5.41) is 11.9. The molecule has 202 valence electrons. The van der Waals surface area contributed by atoms with Crippen LogP contribution in [0.4, 0.5) is 30.4 Å². The van der Waals surface area contributed by atoms with E-state index in [1.165, 1.54) is 30.6 Å². The molecule has 4 N–H and O–H groups in total. The maximum Gasteiger partial charge on any atom is 0.433 e. The van der Waals surface area contributed by atoms with Gasteiger partial charge in [0.1, 0.15) is 11.5 Å². The van der Waals surface area contributed by atoms with Crippen molar-refractivity contribution in [3.8, 4) is 0 Å². The first-order valence-electron chi connectivity index (χ1n) is 12.0. The average Bonchev–Trinajstić information content (AvgIpc) is 2.93. The molecule has 4 rings (SSSR count). The van der Waals surface area contributed by atoms with Crippen molar-refractivity contribution < 1.29 is 27.9 Å². The number of carbonyl (C=O) groups excluding carboxylic acids is 1. The van der Waals surface area contributed by atoms with Gasteiger partial charge in [-0.25, -0.2) is 9.98 Å². The predicted octanol–water partition coefficient (Wildman–Crippen LogP) is 4.66. The summed E-state index contributed by atoms with van der Waals surface area (Å²) in [6, 6.07) is 12.5. The molecule has 1 aliphatic heterocycles. The lowest BCUT2D eigenvalue weighted by Gasteiger charge is -2.32. The number of rotatable bonds is 7. The van der Waals surface area contributed by atoms with E-state index >= 15 is 0 Å². The molecule has 0 radical (unpaired) electrons. The van der Waals surface area contributed by atoms with Gasteiger partial charge in [0.2, 0.25) is 0 Å².